The van der Waals surface area contributed by atoms with Crippen molar-refractivity contribution in [2.45, 2.75) is 28.2 Å². The van der Waals surface area contributed by atoms with Gasteiger partial charge in [0, 0.05) is 6.54 Å². The predicted molar refractivity (Wildman–Crippen MR) is 118 cm³/mol. The van der Waals surface area contributed by atoms with Gasteiger partial charge in [0.2, 0.25) is 10.0 Å². The number of ether oxygens (including phenoxy) is 1. The van der Waals surface area contributed by atoms with Crippen LogP contribution in [-0.4, -0.2) is 30.5 Å². The third-order valence-electron chi connectivity index (χ3n) is 4.92. The SMILES string of the molecule is COc1cc(C)c(C)cc1S(=O)(=O)NCC(c1ccc(F)cc1)S(=O)(=O)c1cccs1. The first kappa shape index (κ1) is 23.4. The number of aryl methyl sites for hydroxylation is 2. The van der Waals surface area contributed by atoms with Crippen molar-refractivity contribution in [1.29, 1.82) is 0 Å². The Hall–Kier alpha value is -2.27. The first-order valence-electron chi connectivity index (χ1n) is 9.24. The molecule has 2 aromatic carbocycles. The molecule has 0 aliphatic rings. The Balaban J connectivity index is 1.99. The van der Waals surface area contributed by atoms with E-state index in [1.54, 1.807) is 24.4 Å². The first-order chi connectivity index (χ1) is 14.6. The number of sulfonamides is 1. The van der Waals surface area contributed by atoms with Gasteiger partial charge in [-0.05, 0) is 66.2 Å². The molecule has 1 unspecified atom stereocenters. The summed E-state index contributed by atoms with van der Waals surface area (Å²) in [5.41, 5.74) is 1.90. The molecule has 0 aliphatic carbocycles. The zero-order chi connectivity index (χ0) is 22.8. The van der Waals surface area contributed by atoms with Gasteiger partial charge >= 0.3 is 0 Å². The lowest BCUT2D eigenvalue weighted by Gasteiger charge is -2.19. The Morgan fingerprint density at radius 3 is 2.26 bits per heavy atom. The predicted octanol–water partition coefficient (Wildman–Crippen LogP) is 4.01. The first-order valence-corrected chi connectivity index (χ1v) is 13.1. The van der Waals surface area contributed by atoms with Crippen LogP contribution in [0.2, 0.25) is 0 Å². The molecule has 3 aromatic rings. The number of thiophene rings is 1. The summed E-state index contributed by atoms with van der Waals surface area (Å²) in [6, 6.07) is 11.1. The van der Waals surface area contributed by atoms with E-state index < -0.39 is 37.5 Å². The van der Waals surface area contributed by atoms with Crippen LogP contribution < -0.4 is 9.46 Å². The van der Waals surface area contributed by atoms with E-state index in [1.807, 2.05) is 6.92 Å². The lowest BCUT2D eigenvalue weighted by atomic mass is 10.1. The zero-order valence-corrected chi connectivity index (χ0v) is 19.6. The standard InChI is InChI=1S/C21H22FNO5S3/c1-14-11-18(28-3)19(12-15(14)2)31(26,27)23-13-20(16-6-8-17(22)9-7-16)30(24,25)21-5-4-10-29-21/h4-12,20,23H,13H2,1-3H3. The van der Waals surface area contributed by atoms with Crippen LogP contribution in [0.15, 0.2) is 63.0 Å². The van der Waals surface area contributed by atoms with Gasteiger partial charge in [0.15, 0.2) is 9.84 Å². The molecule has 0 radical (unpaired) electrons. The molecule has 0 bridgehead atoms. The van der Waals surface area contributed by atoms with Gasteiger partial charge in [0.1, 0.15) is 25.9 Å². The number of nitrogens with one attached hydrogen (secondary N) is 1. The summed E-state index contributed by atoms with van der Waals surface area (Å²) in [4.78, 5) is -0.0792. The number of hydrogen-bond donors (Lipinski definition) is 1. The minimum atomic E-state index is -4.09. The second kappa shape index (κ2) is 9.07. The summed E-state index contributed by atoms with van der Waals surface area (Å²) in [5, 5.41) is 0.387. The quantitative estimate of drug-likeness (QED) is 0.523. The monoisotopic (exact) mass is 483 g/mol. The van der Waals surface area contributed by atoms with Crippen molar-refractivity contribution in [3.8, 4) is 5.75 Å². The van der Waals surface area contributed by atoms with Gasteiger partial charge in [-0.2, -0.15) is 0 Å². The Morgan fingerprint density at radius 2 is 1.68 bits per heavy atom. The van der Waals surface area contributed by atoms with Gasteiger partial charge in [0.05, 0.1) is 7.11 Å². The van der Waals surface area contributed by atoms with Crippen LogP contribution in [0.1, 0.15) is 21.9 Å². The Kier molecular flexibility index (Phi) is 6.85. The molecule has 1 heterocycles. The van der Waals surface area contributed by atoms with E-state index in [0.717, 1.165) is 34.6 Å². The van der Waals surface area contributed by atoms with Crippen LogP contribution in [0, 0.1) is 19.7 Å². The number of halogens is 1. The van der Waals surface area contributed by atoms with Crippen molar-refractivity contribution < 1.29 is 26.0 Å². The summed E-state index contributed by atoms with van der Waals surface area (Å²) in [5.74, 6) is -0.355. The molecule has 0 amide bonds. The molecule has 0 fully saturated rings. The van der Waals surface area contributed by atoms with E-state index in [2.05, 4.69) is 4.72 Å². The molecule has 0 saturated carbocycles. The number of hydrogen-bond acceptors (Lipinski definition) is 6. The second-order valence-corrected chi connectivity index (χ2v) is 12.0. The van der Waals surface area contributed by atoms with Gasteiger partial charge in [0.25, 0.3) is 0 Å². The van der Waals surface area contributed by atoms with Crippen LogP contribution in [0.5, 0.6) is 5.75 Å². The van der Waals surface area contributed by atoms with Crippen molar-refractivity contribution in [3.63, 3.8) is 0 Å². The fourth-order valence-corrected chi connectivity index (χ4v) is 7.30. The third kappa shape index (κ3) is 4.98. The van der Waals surface area contributed by atoms with Crippen molar-refractivity contribution >= 4 is 31.2 Å². The minimum absolute atomic E-state index is 0.0792. The van der Waals surface area contributed by atoms with Gasteiger partial charge in [-0.15, -0.1) is 11.3 Å². The normalized spacial score (nSPS) is 13.2. The summed E-state index contributed by atoms with van der Waals surface area (Å²) in [6.45, 7) is 3.18. The smallest absolute Gasteiger partial charge is 0.244 e. The molecule has 0 spiro atoms. The van der Waals surface area contributed by atoms with Crippen LogP contribution in [0.3, 0.4) is 0 Å². The lowest BCUT2D eigenvalue weighted by molar-refractivity contribution is 0.402. The largest absolute Gasteiger partial charge is 0.495 e. The van der Waals surface area contributed by atoms with Crippen LogP contribution in [0.25, 0.3) is 0 Å². The molecule has 1 atom stereocenters. The summed E-state index contributed by atoms with van der Waals surface area (Å²) in [6.07, 6.45) is 0. The molecular weight excluding hydrogens is 461 g/mol. The number of methoxy groups -OCH3 is 1. The fraction of sp³-hybridized carbons (Fsp3) is 0.238. The second-order valence-electron chi connectivity index (χ2n) is 6.96. The Morgan fingerprint density at radius 1 is 1.03 bits per heavy atom. The van der Waals surface area contributed by atoms with Crippen molar-refractivity contribution in [2.75, 3.05) is 13.7 Å². The van der Waals surface area contributed by atoms with E-state index in [0.29, 0.717) is 0 Å². The van der Waals surface area contributed by atoms with Gasteiger partial charge in [-0.3, -0.25) is 0 Å². The fourth-order valence-electron chi connectivity index (χ4n) is 3.05. The average molecular weight is 484 g/mol. The molecule has 1 N–H and O–H groups in total. The van der Waals surface area contributed by atoms with E-state index in [4.69, 9.17) is 4.74 Å². The van der Waals surface area contributed by atoms with Crippen molar-refractivity contribution in [1.82, 2.24) is 4.72 Å². The number of benzene rings is 2. The summed E-state index contributed by atoms with van der Waals surface area (Å²) in [7, 11) is -6.65. The van der Waals surface area contributed by atoms with Gasteiger partial charge < -0.3 is 4.74 Å². The number of sulfone groups is 1. The molecule has 166 valence electrons. The van der Waals surface area contributed by atoms with E-state index in [-0.39, 0.29) is 20.4 Å². The van der Waals surface area contributed by atoms with E-state index in [1.165, 1.54) is 31.4 Å². The highest BCUT2D eigenvalue weighted by atomic mass is 32.2. The zero-order valence-electron chi connectivity index (χ0n) is 17.1. The third-order valence-corrected chi connectivity index (χ3v) is 9.90. The maximum Gasteiger partial charge on any atom is 0.244 e. The molecule has 6 nitrogen and oxygen atoms in total. The Bertz CT molecular complexity index is 1270. The Labute approximate surface area is 185 Å². The molecular formula is C21H22FNO5S3. The van der Waals surface area contributed by atoms with Crippen LogP contribution in [-0.2, 0) is 19.9 Å². The highest BCUT2D eigenvalue weighted by Crippen LogP contribution is 2.32. The highest BCUT2D eigenvalue weighted by molar-refractivity contribution is 7.93. The molecule has 1 aromatic heterocycles. The number of rotatable bonds is 8. The molecule has 0 aliphatic heterocycles. The maximum atomic E-state index is 13.4. The lowest BCUT2D eigenvalue weighted by Crippen LogP contribution is -2.32. The summed E-state index contributed by atoms with van der Waals surface area (Å²) >= 11 is 1.04. The van der Waals surface area contributed by atoms with Crippen molar-refractivity contribution in [2.24, 2.45) is 0 Å². The van der Waals surface area contributed by atoms with Gasteiger partial charge in [-0.25, -0.2) is 25.9 Å². The van der Waals surface area contributed by atoms with Gasteiger partial charge in [-0.1, -0.05) is 18.2 Å². The minimum Gasteiger partial charge on any atom is -0.495 e. The highest BCUT2D eigenvalue weighted by Gasteiger charge is 2.32. The molecule has 31 heavy (non-hydrogen) atoms. The van der Waals surface area contributed by atoms with Crippen molar-refractivity contribution in [3.05, 3.63) is 76.4 Å². The topological polar surface area (TPSA) is 89.5 Å². The maximum absolute atomic E-state index is 13.4. The van der Waals surface area contributed by atoms with E-state index >= 15 is 0 Å². The molecule has 3 rings (SSSR count). The van der Waals surface area contributed by atoms with E-state index in [9.17, 15) is 21.2 Å². The summed E-state index contributed by atoms with van der Waals surface area (Å²) < 4.78 is 73.6. The van der Waals surface area contributed by atoms with Crippen LogP contribution >= 0.6 is 11.3 Å². The van der Waals surface area contributed by atoms with Crippen LogP contribution in [0.4, 0.5) is 4.39 Å². The molecule has 0 saturated heterocycles. The average Bonchev–Trinajstić information content (AvgIpc) is 3.26. The molecule has 10 heteroatoms.